The van der Waals surface area contributed by atoms with Crippen LogP contribution in [0.25, 0.3) is 0 Å². The first-order chi connectivity index (χ1) is 4.20. The summed E-state index contributed by atoms with van der Waals surface area (Å²) in [4.78, 5) is 2.29. The zero-order valence-corrected chi connectivity index (χ0v) is 6.72. The summed E-state index contributed by atoms with van der Waals surface area (Å²) < 4.78 is 0. The summed E-state index contributed by atoms with van der Waals surface area (Å²) in [6.45, 7) is 3.65. The number of hydrogen-bond donors (Lipinski definition) is 0. The van der Waals surface area contributed by atoms with Crippen LogP contribution in [0.5, 0.6) is 0 Å². The van der Waals surface area contributed by atoms with Crippen LogP contribution < -0.4 is 0 Å². The molecule has 0 spiro atoms. The van der Waals surface area contributed by atoms with Crippen molar-refractivity contribution in [2.45, 2.75) is 19.8 Å². The molecule has 1 fully saturated rings. The lowest BCUT2D eigenvalue weighted by Gasteiger charge is -2.35. The molecule has 0 amide bonds. The van der Waals surface area contributed by atoms with E-state index in [1.165, 1.54) is 19.4 Å². The zero-order chi connectivity index (χ0) is 6.85. The minimum Gasteiger partial charge on any atom is -0.309 e. The van der Waals surface area contributed by atoms with Gasteiger partial charge < -0.3 is 4.90 Å². The normalized spacial score (nSPS) is 34.7. The van der Waals surface area contributed by atoms with Crippen LogP contribution in [-0.4, -0.2) is 25.5 Å². The fourth-order valence-corrected chi connectivity index (χ4v) is 1.48. The third kappa shape index (κ3) is 1.68. The quantitative estimate of drug-likeness (QED) is 0.544. The van der Waals surface area contributed by atoms with Crippen molar-refractivity contribution in [3.05, 3.63) is 0 Å². The van der Waals surface area contributed by atoms with E-state index < -0.39 is 0 Å². The Morgan fingerprint density at radius 3 is 2.11 bits per heavy atom. The monoisotopic (exact) mass is 127 g/mol. The molecular weight excluding hydrogens is 110 g/mol. The molecule has 1 aliphatic carbocycles. The molecule has 0 saturated heterocycles. The van der Waals surface area contributed by atoms with Crippen LogP contribution in [0.4, 0.5) is 0 Å². The second-order valence-corrected chi connectivity index (χ2v) is 3.58. The van der Waals surface area contributed by atoms with Crippen molar-refractivity contribution in [2.24, 2.45) is 11.8 Å². The first-order valence-electron chi connectivity index (χ1n) is 3.85. The maximum atomic E-state index is 2.36. The van der Waals surface area contributed by atoms with E-state index in [-0.39, 0.29) is 0 Å². The van der Waals surface area contributed by atoms with Gasteiger partial charge in [-0.1, -0.05) is 13.3 Å². The predicted molar refractivity (Wildman–Crippen MR) is 40.4 cm³/mol. The molecule has 54 valence electrons. The Morgan fingerprint density at radius 1 is 1.33 bits per heavy atom. The van der Waals surface area contributed by atoms with E-state index in [0.717, 1.165) is 11.8 Å². The van der Waals surface area contributed by atoms with Gasteiger partial charge in [0.25, 0.3) is 0 Å². The highest BCUT2D eigenvalue weighted by atomic mass is 15.1. The van der Waals surface area contributed by atoms with Crippen molar-refractivity contribution in [3.63, 3.8) is 0 Å². The first kappa shape index (κ1) is 7.07. The lowest BCUT2D eigenvalue weighted by atomic mass is 9.75. The number of nitrogens with zero attached hydrogens (tertiary/aromatic N) is 1. The maximum Gasteiger partial charge on any atom is 0.000611 e. The smallest absolute Gasteiger partial charge is 0.000611 e. The van der Waals surface area contributed by atoms with Crippen LogP contribution in [-0.2, 0) is 0 Å². The summed E-state index contributed by atoms with van der Waals surface area (Å²) in [5.41, 5.74) is 0. The van der Waals surface area contributed by atoms with Crippen LogP contribution in [0, 0.1) is 11.8 Å². The Bertz CT molecular complexity index is 88.6. The lowest BCUT2D eigenvalue weighted by molar-refractivity contribution is 0.150. The Balaban J connectivity index is 2.13. The minimum absolute atomic E-state index is 0.993. The van der Waals surface area contributed by atoms with Gasteiger partial charge in [-0.2, -0.15) is 0 Å². The van der Waals surface area contributed by atoms with Gasteiger partial charge in [-0.25, -0.2) is 0 Å². The summed E-state index contributed by atoms with van der Waals surface area (Å²) in [5, 5.41) is 0. The van der Waals surface area contributed by atoms with Crippen LogP contribution >= 0.6 is 0 Å². The molecule has 2 unspecified atom stereocenters. The van der Waals surface area contributed by atoms with Crippen molar-refractivity contribution in [2.75, 3.05) is 20.6 Å². The van der Waals surface area contributed by atoms with Gasteiger partial charge in [0.05, 0.1) is 0 Å². The first-order valence-corrected chi connectivity index (χ1v) is 3.85. The lowest BCUT2D eigenvalue weighted by Crippen LogP contribution is -2.32. The van der Waals surface area contributed by atoms with Gasteiger partial charge >= 0.3 is 0 Å². The van der Waals surface area contributed by atoms with Gasteiger partial charge in [0, 0.05) is 6.54 Å². The molecule has 2 atom stereocenters. The highest BCUT2D eigenvalue weighted by Gasteiger charge is 2.26. The molecule has 0 aromatic carbocycles. The molecule has 1 rings (SSSR count). The van der Waals surface area contributed by atoms with E-state index in [9.17, 15) is 0 Å². The SMILES string of the molecule is CC1CCC1CN(C)C. The molecule has 0 aromatic heterocycles. The van der Waals surface area contributed by atoms with E-state index in [1.807, 2.05) is 0 Å². The van der Waals surface area contributed by atoms with Crippen molar-refractivity contribution in [1.29, 1.82) is 0 Å². The van der Waals surface area contributed by atoms with E-state index >= 15 is 0 Å². The average Bonchev–Trinajstić information content (AvgIpc) is 1.79. The standard InChI is InChI=1S/C8H17N/c1-7-4-5-8(7)6-9(2)3/h7-8H,4-6H2,1-3H3. The summed E-state index contributed by atoms with van der Waals surface area (Å²) in [5.74, 6) is 1.99. The van der Waals surface area contributed by atoms with Gasteiger partial charge in [-0.05, 0) is 32.4 Å². The van der Waals surface area contributed by atoms with Crippen LogP contribution in [0.1, 0.15) is 19.8 Å². The zero-order valence-electron chi connectivity index (χ0n) is 6.72. The minimum atomic E-state index is 0.993. The molecule has 9 heavy (non-hydrogen) atoms. The molecule has 0 radical (unpaired) electrons. The summed E-state index contributed by atoms with van der Waals surface area (Å²) >= 11 is 0. The highest BCUT2D eigenvalue weighted by Crippen LogP contribution is 2.33. The van der Waals surface area contributed by atoms with E-state index in [0.29, 0.717) is 0 Å². The van der Waals surface area contributed by atoms with Crippen LogP contribution in [0.15, 0.2) is 0 Å². The molecule has 1 heteroatoms. The maximum absolute atomic E-state index is 2.36. The van der Waals surface area contributed by atoms with E-state index in [1.54, 1.807) is 0 Å². The number of rotatable bonds is 2. The molecule has 0 aromatic rings. The molecule has 0 heterocycles. The van der Waals surface area contributed by atoms with Crippen molar-refractivity contribution in [1.82, 2.24) is 4.90 Å². The molecule has 1 aliphatic rings. The highest BCUT2D eigenvalue weighted by molar-refractivity contribution is 4.78. The van der Waals surface area contributed by atoms with Crippen LogP contribution in [0.3, 0.4) is 0 Å². The third-order valence-corrected chi connectivity index (χ3v) is 2.40. The van der Waals surface area contributed by atoms with Gasteiger partial charge in [0.1, 0.15) is 0 Å². The van der Waals surface area contributed by atoms with Crippen molar-refractivity contribution < 1.29 is 0 Å². The van der Waals surface area contributed by atoms with Gasteiger partial charge in [-0.15, -0.1) is 0 Å². The van der Waals surface area contributed by atoms with Gasteiger partial charge in [0.2, 0.25) is 0 Å². The van der Waals surface area contributed by atoms with E-state index in [4.69, 9.17) is 0 Å². The van der Waals surface area contributed by atoms with E-state index in [2.05, 4.69) is 25.9 Å². The average molecular weight is 127 g/mol. The molecule has 1 saturated carbocycles. The largest absolute Gasteiger partial charge is 0.309 e. The molecule has 1 nitrogen and oxygen atoms in total. The molecular formula is C8H17N. The molecule has 0 N–H and O–H groups in total. The number of hydrogen-bond acceptors (Lipinski definition) is 1. The molecule has 0 bridgehead atoms. The summed E-state index contributed by atoms with van der Waals surface area (Å²) in [6, 6.07) is 0. The van der Waals surface area contributed by atoms with Crippen molar-refractivity contribution in [3.8, 4) is 0 Å². The summed E-state index contributed by atoms with van der Waals surface area (Å²) in [7, 11) is 4.32. The second kappa shape index (κ2) is 2.70. The fraction of sp³-hybridized carbons (Fsp3) is 1.00. The van der Waals surface area contributed by atoms with Crippen LogP contribution in [0.2, 0.25) is 0 Å². The Labute approximate surface area is 58.0 Å². The Morgan fingerprint density at radius 2 is 2.00 bits per heavy atom. The third-order valence-electron chi connectivity index (χ3n) is 2.40. The second-order valence-electron chi connectivity index (χ2n) is 3.58. The fourth-order valence-electron chi connectivity index (χ4n) is 1.48. The Hall–Kier alpha value is -0.0400. The predicted octanol–water partition coefficient (Wildman–Crippen LogP) is 1.59. The van der Waals surface area contributed by atoms with Crippen molar-refractivity contribution >= 4 is 0 Å². The van der Waals surface area contributed by atoms with Gasteiger partial charge in [-0.3, -0.25) is 0 Å². The molecule has 0 aliphatic heterocycles. The summed E-state index contributed by atoms with van der Waals surface area (Å²) in [6.07, 6.45) is 2.91. The Kier molecular flexibility index (Phi) is 2.12. The topological polar surface area (TPSA) is 3.24 Å². The van der Waals surface area contributed by atoms with Gasteiger partial charge in [0.15, 0.2) is 0 Å².